The monoisotopic (exact) mass is 240 g/mol. The highest BCUT2D eigenvalue weighted by atomic mass is 16.2. The normalized spacial score (nSPS) is 12.1. The Labute approximate surface area is 108 Å². The number of hydrogen-bond donors (Lipinski definition) is 1. The summed E-state index contributed by atoms with van der Waals surface area (Å²) in [5, 5.41) is 8.83. The predicted octanol–water partition coefficient (Wildman–Crippen LogP) is 5.24. The molecule has 0 fully saturated rings. The van der Waals surface area contributed by atoms with Gasteiger partial charge in [0.05, 0.1) is 0 Å². The van der Waals surface area contributed by atoms with Crippen molar-refractivity contribution in [2.24, 2.45) is 0 Å². The molecule has 1 nitrogen and oxygen atoms in total. The SMILES string of the molecule is CCCCCCCCC/C(=C/CCO)CCC. The lowest BCUT2D eigenvalue weighted by Crippen LogP contribution is -1.88. The van der Waals surface area contributed by atoms with Crippen molar-refractivity contribution < 1.29 is 5.11 Å². The molecule has 0 aliphatic carbocycles. The summed E-state index contributed by atoms with van der Waals surface area (Å²) in [5.74, 6) is 0. The molecule has 0 bridgehead atoms. The van der Waals surface area contributed by atoms with E-state index in [1.807, 2.05) is 0 Å². The second-order valence-electron chi connectivity index (χ2n) is 5.00. The molecule has 0 aromatic carbocycles. The van der Waals surface area contributed by atoms with Gasteiger partial charge in [0, 0.05) is 6.61 Å². The summed E-state index contributed by atoms with van der Waals surface area (Å²) in [4.78, 5) is 0. The minimum atomic E-state index is 0.296. The number of rotatable bonds is 12. The van der Waals surface area contributed by atoms with E-state index in [-0.39, 0.29) is 0 Å². The van der Waals surface area contributed by atoms with Gasteiger partial charge in [-0.1, -0.05) is 70.4 Å². The second kappa shape index (κ2) is 13.8. The number of aliphatic hydroxyl groups excluding tert-OH is 1. The zero-order chi connectivity index (χ0) is 12.8. The molecule has 0 amide bonds. The van der Waals surface area contributed by atoms with Crippen molar-refractivity contribution in [3.8, 4) is 0 Å². The van der Waals surface area contributed by atoms with Crippen molar-refractivity contribution in [3.05, 3.63) is 11.6 Å². The van der Waals surface area contributed by atoms with Crippen LogP contribution in [0.4, 0.5) is 0 Å². The van der Waals surface area contributed by atoms with Crippen molar-refractivity contribution >= 4 is 0 Å². The van der Waals surface area contributed by atoms with Gasteiger partial charge in [-0.15, -0.1) is 0 Å². The first-order chi connectivity index (χ1) is 8.35. The first kappa shape index (κ1) is 16.7. The molecule has 102 valence electrons. The van der Waals surface area contributed by atoms with Gasteiger partial charge < -0.3 is 5.11 Å². The van der Waals surface area contributed by atoms with Crippen LogP contribution in [-0.2, 0) is 0 Å². The second-order valence-corrected chi connectivity index (χ2v) is 5.00. The van der Waals surface area contributed by atoms with Gasteiger partial charge in [-0.3, -0.25) is 0 Å². The van der Waals surface area contributed by atoms with Crippen LogP contribution in [0.3, 0.4) is 0 Å². The summed E-state index contributed by atoms with van der Waals surface area (Å²) in [6.07, 6.45) is 16.5. The fraction of sp³-hybridized carbons (Fsp3) is 0.875. The van der Waals surface area contributed by atoms with Crippen LogP contribution in [0.25, 0.3) is 0 Å². The molecule has 0 aromatic heterocycles. The molecule has 0 aliphatic rings. The van der Waals surface area contributed by atoms with Crippen molar-refractivity contribution in [1.82, 2.24) is 0 Å². The molecule has 1 heteroatoms. The van der Waals surface area contributed by atoms with Gasteiger partial charge in [-0.25, -0.2) is 0 Å². The zero-order valence-electron chi connectivity index (χ0n) is 12.0. The zero-order valence-corrected chi connectivity index (χ0v) is 12.0. The van der Waals surface area contributed by atoms with E-state index in [0.717, 1.165) is 6.42 Å². The third kappa shape index (κ3) is 12.0. The Morgan fingerprint density at radius 2 is 1.47 bits per heavy atom. The average Bonchev–Trinajstić information content (AvgIpc) is 2.34. The van der Waals surface area contributed by atoms with Gasteiger partial charge in [0.2, 0.25) is 0 Å². The fourth-order valence-electron chi connectivity index (χ4n) is 2.23. The molecule has 0 radical (unpaired) electrons. The molecule has 0 rings (SSSR count). The molecule has 17 heavy (non-hydrogen) atoms. The van der Waals surface area contributed by atoms with Gasteiger partial charge in [0.25, 0.3) is 0 Å². The Bertz CT molecular complexity index is 172. The largest absolute Gasteiger partial charge is 0.396 e. The highest BCUT2D eigenvalue weighted by Crippen LogP contribution is 2.16. The number of unbranched alkanes of at least 4 members (excludes halogenated alkanes) is 6. The Kier molecular flexibility index (Phi) is 13.5. The van der Waals surface area contributed by atoms with Gasteiger partial charge in [0.1, 0.15) is 0 Å². The molecule has 0 aromatic rings. The number of allylic oxidation sites excluding steroid dienone is 1. The van der Waals surface area contributed by atoms with Crippen molar-refractivity contribution in [2.75, 3.05) is 6.61 Å². The van der Waals surface area contributed by atoms with Crippen LogP contribution in [0.2, 0.25) is 0 Å². The van der Waals surface area contributed by atoms with E-state index in [2.05, 4.69) is 19.9 Å². The Balaban J connectivity index is 3.47. The van der Waals surface area contributed by atoms with Crippen LogP contribution in [-0.4, -0.2) is 11.7 Å². The fourth-order valence-corrected chi connectivity index (χ4v) is 2.23. The Hall–Kier alpha value is -0.300. The van der Waals surface area contributed by atoms with Gasteiger partial charge in [-0.05, 0) is 25.7 Å². The Morgan fingerprint density at radius 1 is 0.824 bits per heavy atom. The summed E-state index contributed by atoms with van der Waals surface area (Å²) in [5.41, 5.74) is 1.56. The van der Waals surface area contributed by atoms with Crippen molar-refractivity contribution in [1.29, 1.82) is 0 Å². The topological polar surface area (TPSA) is 20.2 Å². The predicted molar refractivity (Wildman–Crippen MR) is 77.3 cm³/mol. The highest BCUT2D eigenvalue weighted by molar-refractivity contribution is 5.01. The van der Waals surface area contributed by atoms with Crippen LogP contribution in [0.5, 0.6) is 0 Å². The molecular weight excluding hydrogens is 208 g/mol. The lowest BCUT2D eigenvalue weighted by atomic mass is 10.0. The summed E-state index contributed by atoms with van der Waals surface area (Å²) in [6.45, 7) is 4.80. The van der Waals surface area contributed by atoms with Gasteiger partial charge >= 0.3 is 0 Å². The smallest absolute Gasteiger partial charge is 0.0465 e. The lowest BCUT2D eigenvalue weighted by molar-refractivity contribution is 0.302. The van der Waals surface area contributed by atoms with Crippen LogP contribution >= 0.6 is 0 Å². The molecule has 0 saturated carbocycles. The molecule has 0 heterocycles. The van der Waals surface area contributed by atoms with E-state index in [1.165, 1.54) is 64.2 Å². The molecule has 0 unspecified atom stereocenters. The molecule has 0 atom stereocenters. The van der Waals surface area contributed by atoms with E-state index in [4.69, 9.17) is 5.11 Å². The van der Waals surface area contributed by atoms with E-state index in [9.17, 15) is 0 Å². The molecule has 0 spiro atoms. The first-order valence-electron chi connectivity index (χ1n) is 7.63. The quantitative estimate of drug-likeness (QED) is 0.365. The van der Waals surface area contributed by atoms with Gasteiger partial charge in [0.15, 0.2) is 0 Å². The van der Waals surface area contributed by atoms with Gasteiger partial charge in [-0.2, -0.15) is 0 Å². The molecular formula is C16H32O. The number of aliphatic hydroxyl groups is 1. The molecule has 1 N–H and O–H groups in total. The maximum Gasteiger partial charge on any atom is 0.0465 e. The third-order valence-corrected chi connectivity index (χ3v) is 3.23. The lowest BCUT2D eigenvalue weighted by Gasteiger charge is -2.06. The minimum Gasteiger partial charge on any atom is -0.396 e. The van der Waals surface area contributed by atoms with Crippen LogP contribution < -0.4 is 0 Å². The van der Waals surface area contributed by atoms with Crippen LogP contribution in [0, 0.1) is 0 Å². The Morgan fingerprint density at radius 3 is 2.06 bits per heavy atom. The molecule has 0 aliphatic heterocycles. The third-order valence-electron chi connectivity index (χ3n) is 3.23. The van der Waals surface area contributed by atoms with Crippen molar-refractivity contribution in [3.63, 3.8) is 0 Å². The molecule has 0 saturated heterocycles. The maximum atomic E-state index is 8.83. The highest BCUT2D eigenvalue weighted by Gasteiger charge is 1.97. The first-order valence-corrected chi connectivity index (χ1v) is 7.63. The number of hydrogen-bond acceptors (Lipinski definition) is 1. The van der Waals surface area contributed by atoms with E-state index < -0.39 is 0 Å². The van der Waals surface area contributed by atoms with Crippen LogP contribution in [0.15, 0.2) is 11.6 Å². The summed E-state index contributed by atoms with van der Waals surface area (Å²) in [7, 11) is 0. The van der Waals surface area contributed by atoms with Crippen LogP contribution in [0.1, 0.15) is 84.5 Å². The standard InChI is InChI=1S/C16H32O/c1-3-5-6-7-8-9-10-13-16(12-4-2)14-11-15-17/h14,17H,3-13,15H2,1-2H3/b16-14+. The van der Waals surface area contributed by atoms with E-state index >= 15 is 0 Å². The maximum absolute atomic E-state index is 8.83. The summed E-state index contributed by atoms with van der Waals surface area (Å²) >= 11 is 0. The minimum absolute atomic E-state index is 0.296. The summed E-state index contributed by atoms with van der Waals surface area (Å²) < 4.78 is 0. The van der Waals surface area contributed by atoms with Crippen molar-refractivity contribution in [2.45, 2.75) is 84.5 Å². The van der Waals surface area contributed by atoms with E-state index in [1.54, 1.807) is 5.57 Å². The summed E-state index contributed by atoms with van der Waals surface area (Å²) in [6, 6.07) is 0. The van der Waals surface area contributed by atoms with E-state index in [0.29, 0.717) is 6.61 Å². The average molecular weight is 240 g/mol.